The quantitative estimate of drug-likeness (QED) is 0.663. The molecule has 2 aliphatic rings. The molecule has 2 aliphatic carbocycles. The smallest absolute Gasteiger partial charge is 0.00924 e. The highest BCUT2D eigenvalue weighted by Crippen LogP contribution is 2.37. The fraction of sp³-hybridized carbons (Fsp3) is 1.00. The minimum Gasteiger partial charge on any atom is -0.317 e. The minimum atomic E-state index is 0.847. The van der Waals surface area contributed by atoms with E-state index in [1.54, 1.807) is 0 Å². The van der Waals surface area contributed by atoms with Crippen LogP contribution in [0.25, 0.3) is 0 Å². The molecule has 0 aromatic carbocycles. The molecular formula is C11H21N. The van der Waals surface area contributed by atoms with Crippen LogP contribution in [-0.2, 0) is 0 Å². The van der Waals surface area contributed by atoms with E-state index in [2.05, 4.69) is 12.4 Å². The van der Waals surface area contributed by atoms with E-state index in [-0.39, 0.29) is 0 Å². The van der Waals surface area contributed by atoms with Crippen molar-refractivity contribution in [3.05, 3.63) is 0 Å². The summed E-state index contributed by atoms with van der Waals surface area (Å²) in [5.41, 5.74) is 0. The van der Waals surface area contributed by atoms with Gasteiger partial charge in [0.15, 0.2) is 0 Å². The van der Waals surface area contributed by atoms with Gasteiger partial charge in [-0.2, -0.15) is 0 Å². The zero-order valence-corrected chi connectivity index (χ0v) is 8.18. The Labute approximate surface area is 75.9 Å². The first kappa shape index (κ1) is 8.55. The summed E-state index contributed by atoms with van der Waals surface area (Å²) in [5, 5.41) is 3.49. The Bertz CT molecular complexity index is 136. The third-order valence-electron chi connectivity index (χ3n) is 3.67. The highest BCUT2D eigenvalue weighted by Gasteiger charge is 2.28. The lowest BCUT2D eigenvalue weighted by molar-refractivity contribution is 0.223. The van der Waals surface area contributed by atoms with Crippen LogP contribution in [0.1, 0.15) is 44.9 Å². The first-order valence-electron chi connectivity index (χ1n) is 5.57. The van der Waals surface area contributed by atoms with Crippen molar-refractivity contribution < 1.29 is 0 Å². The summed E-state index contributed by atoms with van der Waals surface area (Å²) in [4.78, 5) is 0. The van der Waals surface area contributed by atoms with Gasteiger partial charge in [0.05, 0.1) is 0 Å². The predicted molar refractivity (Wildman–Crippen MR) is 52.1 cm³/mol. The molecule has 0 spiro atoms. The molecule has 0 saturated heterocycles. The SMILES string of the molecule is CNC(CCC1CC1)C1CCC1. The molecule has 0 heterocycles. The lowest BCUT2D eigenvalue weighted by atomic mass is 9.78. The minimum absolute atomic E-state index is 0.847. The van der Waals surface area contributed by atoms with E-state index in [0.29, 0.717) is 0 Å². The molecule has 1 heteroatoms. The second kappa shape index (κ2) is 3.78. The van der Waals surface area contributed by atoms with E-state index in [9.17, 15) is 0 Å². The lowest BCUT2D eigenvalue weighted by Gasteiger charge is -2.33. The zero-order chi connectivity index (χ0) is 8.39. The second-order valence-corrected chi connectivity index (χ2v) is 4.61. The molecule has 1 N–H and O–H groups in total. The number of hydrogen-bond donors (Lipinski definition) is 1. The van der Waals surface area contributed by atoms with Crippen molar-refractivity contribution in [1.29, 1.82) is 0 Å². The average molecular weight is 167 g/mol. The summed E-state index contributed by atoms with van der Waals surface area (Å²) in [7, 11) is 2.13. The largest absolute Gasteiger partial charge is 0.317 e. The van der Waals surface area contributed by atoms with Gasteiger partial charge in [-0.1, -0.05) is 19.3 Å². The fourth-order valence-electron chi connectivity index (χ4n) is 2.28. The molecule has 0 aromatic rings. The molecule has 0 radical (unpaired) electrons. The molecule has 0 amide bonds. The van der Waals surface area contributed by atoms with Crippen molar-refractivity contribution >= 4 is 0 Å². The molecule has 70 valence electrons. The number of nitrogens with one attached hydrogen (secondary N) is 1. The van der Waals surface area contributed by atoms with E-state index in [1.165, 1.54) is 44.9 Å². The van der Waals surface area contributed by atoms with Gasteiger partial charge >= 0.3 is 0 Å². The highest BCUT2D eigenvalue weighted by molar-refractivity contribution is 4.84. The maximum Gasteiger partial charge on any atom is 0.00924 e. The van der Waals surface area contributed by atoms with Gasteiger partial charge in [-0.3, -0.25) is 0 Å². The maximum absolute atomic E-state index is 3.49. The summed E-state index contributed by atoms with van der Waals surface area (Å²) < 4.78 is 0. The van der Waals surface area contributed by atoms with Crippen molar-refractivity contribution in [2.45, 2.75) is 51.0 Å². The Morgan fingerprint density at radius 1 is 1.25 bits per heavy atom. The van der Waals surface area contributed by atoms with E-state index in [4.69, 9.17) is 0 Å². The van der Waals surface area contributed by atoms with Crippen LogP contribution in [0.2, 0.25) is 0 Å². The van der Waals surface area contributed by atoms with E-state index < -0.39 is 0 Å². The lowest BCUT2D eigenvalue weighted by Crippen LogP contribution is -2.37. The van der Waals surface area contributed by atoms with Crippen molar-refractivity contribution in [2.75, 3.05) is 7.05 Å². The van der Waals surface area contributed by atoms with Crippen LogP contribution in [0.5, 0.6) is 0 Å². The van der Waals surface area contributed by atoms with E-state index in [1.807, 2.05) is 0 Å². The van der Waals surface area contributed by atoms with Gasteiger partial charge in [-0.25, -0.2) is 0 Å². The molecule has 1 unspecified atom stereocenters. The maximum atomic E-state index is 3.49. The van der Waals surface area contributed by atoms with Gasteiger partial charge in [0.2, 0.25) is 0 Å². The van der Waals surface area contributed by atoms with Crippen molar-refractivity contribution in [3.63, 3.8) is 0 Å². The van der Waals surface area contributed by atoms with Crippen LogP contribution < -0.4 is 5.32 Å². The second-order valence-electron chi connectivity index (χ2n) is 4.61. The molecule has 1 atom stereocenters. The standard InChI is InChI=1S/C11H21N/c1-12-11(10-3-2-4-10)8-7-9-5-6-9/h9-12H,2-8H2,1H3. The zero-order valence-electron chi connectivity index (χ0n) is 8.18. The van der Waals surface area contributed by atoms with E-state index >= 15 is 0 Å². The molecule has 0 aliphatic heterocycles. The van der Waals surface area contributed by atoms with Gasteiger partial charge in [0, 0.05) is 6.04 Å². The summed E-state index contributed by atoms with van der Waals surface area (Å²) in [6.07, 6.45) is 10.4. The van der Waals surface area contributed by atoms with Crippen molar-refractivity contribution in [2.24, 2.45) is 11.8 Å². The van der Waals surface area contributed by atoms with Crippen LogP contribution in [0, 0.1) is 11.8 Å². The average Bonchev–Trinajstić information content (AvgIpc) is 2.76. The Balaban J connectivity index is 1.65. The normalized spacial score (nSPS) is 26.8. The third-order valence-corrected chi connectivity index (χ3v) is 3.67. The Kier molecular flexibility index (Phi) is 2.69. The van der Waals surface area contributed by atoms with Gasteiger partial charge in [0.25, 0.3) is 0 Å². The molecule has 2 fully saturated rings. The molecule has 12 heavy (non-hydrogen) atoms. The molecule has 0 aromatic heterocycles. The number of hydrogen-bond acceptors (Lipinski definition) is 1. The Hall–Kier alpha value is -0.0400. The highest BCUT2D eigenvalue weighted by atomic mass is 14.9. The molecule has 0 bridgehead atoms. The third kappa shape index (κ3) is 2.01. The van der Waals surface area contributed by atoms with Gasteiger partial charge in [-0.15, -0.1) is 0 Å². The molecular weight excluding hydrogens is 146 g/mol. The first-order valence-corrected chi connectivity index (χ1v) is 5.57. The predicted octanol–water partition coefficient (Wildman–Crippen LogP) is 2.56. The topological polar surface area (TPSA) is 12.0 Å². The van der Waals surface area contributed by atoms with Crippen molar-refractivity contribution in [3.8, 4) is 0 Å². The van der Waals surface area contributed by atoms with Crippen LogP contribution in [0.4, 0.5) is 0 Å². The fourth-order valence-corrected chi connectivity index (χ4v) is 2.28. The molecule has 1 nitrogen and oxygen atoms in total. The summed E-state index contributed by atoms with van der Waals surface area (Å²) in [5.74, 6) is 2.13. The first-order chi connectivity index (χ1) is 5.90. The molecule has 2 saturated carbocycles. The van der Waals surface area contributed by atoms with Crippen molar-refractivity contribution in [1.82, 2.24) is 5.32 Å². The molecule has 2 rings (SSSR count). The Morgan fingerprint density at radius 2 is 2.00 bits per heavy atom. The number of rotatable bonds is 5. The summed E-state index contributed by atoms with van der Waals surface area (Å²) >= 11 is 0. The van der Waals surface area contributed by atoms with Gasteiger partial charge < -0.3 is 5.32 Å². The van der Waals surface area contributed by atoms with E-state index in [0.717, 1.165) is 17.9 Å². The summed E-state index contributed by atoms with van der Waals surface area (Å²) in [6.45, 7) is 0. The van der Waals surface area contributed by atoms with Crippen LogP contribution in [0.3, 0.4) is 0 Å². The monoisotopic (exact) mass is 167 g/mol. The summed E-state index contributed by atoms with van der Waals surface area (Å²) in [6, 6.07) is 0.847. The van der Waals surface area contributed by atoms with Crippen LogP contribution >= 0.6 is 0 Å². The Morgan fingerprint density at radius 3 is 2.42 bits per heavy atom. The van der Waals surface area contributed by atoms with Gasteiger partial charge in [-0.05, 0) is 44.6 Å². The van der Waals surface area contributed by atoms with Crippen LogP contribution in [-0.4, -0.2) is 13.1 Å². The van der Waals surface area contributed by atoms with Gasteiger partial charge in [0.1, 0.15) is 0 Å². The van der Waals surface area contributed by atoms with Crippen LogP contribution in [0.15, 0.2) is 0 Å².